The van der Waals surface area contributed by atoms with Crippen LogP contribution >= 0.6 is 11.6 Å². The Labute approximate surface area is 375 Å². The van der Waals surface area contributed by atoms with E-state index in [2.05, 4.69) is 23.6 Å². The summed E-state index contributed by atoms with van der Waals surface area (Å²) in [5.41, 5.74) is -2.67. The molecule has 4 atom stereocenters. The zero-order valence-corrected chi connectivity index (χ0v) is 38.8. The second-order valence-electron chi connectivity index (χ2n) is 18.8. The van der Waals surface area contributed by atoms with E-state index in [4.69, 9.17) is 25.8 Å². The number of benzene rings is 1. The molecule has 1 saturated heterocycles. The van der Waals surface area contributed by atoms with E-state index in [1.165, 1.54) is 18.6 Å². The molecule has 6 rings (SSSR count). The summed E-state index contributed by atoms with van der Waals surface area (Å²) in [5.74, 6) is -2.59. The number of fused-ring (bicyclic) bond motifs is 2. The molecule has 15 heteroatoms. The number of nitrogens with zero attached hydrogens (tertiary/aromatic N) is 2. The Morgan fingerprint density at radius 1 is 0.968 bits per heavy atom. The molecule has 2 fully saturated rings. The molecule has 0 bridgehead atoms. The summed E-state index contributed by atoms with van der Waals surface area (Å²) in [7, 11) is 0. The molecule has 5 aliphatic rings. The quantitative estimate of drug-likeness (QED) is 0.0483. The van der Waals surface area contributed by atoms with Crippen LogP contribution in [-0.2, 0) is 20.7 Å². The Morgan fingerprint density at radius 3 is 2.22 bits per heavy atom. The normalized spacial score (nSPS) is 27.5. The van der Waals surface area contributed by atoms with Crippen LogP contribution in [0.1, 0.15) is 142 Å². The van der Waals surface area contributed by atoms with Gasteiger partial charge in [0.25, 0.3) is 0 Å². The molecule has 1 aromatic rings. The van der Waals surface area contributed by atoms with Crippen LogP contribution in [0.2, 0.25) is 0 Å². The molecule has 1 saturated carbocycles. The van der Waals surface area contributed by atoms with Gasteiger partial charge in [0.15, 0.2) is 11.4 Å². The zero-order valence-electron chi connectivity index (χ0n) is 38.1. The van der Waals surface area contributed by atoms with Crippen LogP contribution in [0.4, 0.5) is 4.79 Å². The minimum atomic E-state index is -2.16. The number of phenolic OH excluding ortho intramolecular Hbond substituents is 1. The average molecular weight is 895 g/mol. The average Bonchev–Trinajstić information content (AvgIpc) is 3.42. The van der Waals surface area contributed by atoms with Crippen molar-refractivity contribution >= 4 is 41.4 Å². The van der Waals surface area contributed by atoms with Crippen LogP contribution in [0.15, 0.2) is 58.0 Å². The number of urea groups is 1. The van der Waals surface area contributed by atoms with Crippen molar-refractivity contribution in [2.75, 3.05) is 12.4 Å². The van der Waals surface area contributed by atoms with Gasteiger partial charge in [-0.1, -0.05) is 42.4 Å². The lowest BCUT2D eigenvalue weighted by Crippen LogP contribution is -2.66. The molecule has 0 aromatic heterocycles. The Balaban J connectivity index is 0.000000394. The fourth-order valence-corrected chi connectivity index (χ4v) is 9.74. The van der Waals surface area contributed by atoms with Gasteiger partial charge >= 0.3 is 18.0 Å². The Bertz CT molecular complexity index is 2140. The standard InChI is InChI=1S/C38H46O9.C10H18ClN3O2/c1-21(2)11-10-18-36(8)19-17-24-29(39)28-30(40)26-12-9-13-27-35(6,7)47-37(34(43)44,20-16-23(5)33(41)42)38(26,27)46-32(28)25(31(24)45-36)15-14-22(3)4;1-8-2-4-9(5-3-8)12-10(15)14(13-16)7-6-11/h11-12,14,16-17,19,27,39H,9-10,13,15,18,20H2,1-8H3,(H,41,42)(H,43,44);8-9H,2-7H2,1H3,(H,12,15). The van der Waals surface area contributed by atoms with E-state index in [0.29, 0.717) is 42.6 Å². The van der Waals surface area contributed by atoms with Crippen LogP contribution in [-0.4, -0.2) is 85.0 Å². The lowest BCUT2D eigenvalue weighted by molar-refractivity contribution is -0.184. The highest BCUT2D eigenvalue weighted by Gasteiger charge is 2.77. The van der Waals surface area contributed by atoms with Crippen molar-refractivity contribution < 1.29 is 48.7 Å². The van der Waals surface area contributed by atoms with Gasteiger partial charge in [-0.2, -0.15) is 5.01 Å². The summed E-state index contributed by atoms with van der Waals surface area (Å²) in [5, 5.41) is 38.7. The number of phenols is 1. The molecule has 2 amide bonds. The largest absolute Gasteiger partial charge is 0.506 e. The smallest absolute Gasteiger partial charge is 0.340 e. The van der Waals surface area contributed by atoms with E-state index in [0.717, 1.165) is 48.6 Å². The summed E-state index contributed by atoms with van der Waals surface area (Å²) < 4.78 is 20.2. The molecular weight excluding hydrogens is 830 g/mol. The number of hydrogen-bond donors (Lipinski definition) is 4. The first kappa shape index (κ1) is 49.1. The number of halogens is 1. The second kappa shape index (κ2) is 19.4. The molecule has 3 heterocycles. The van der Waals surface area contributed by atoms with Crippen molar-refractivity contribution in [3.63, 3.8) is 0 Å². The number of ether oxygens (including phenoxy) is 3. The molecule has 14 nitrogen and oxygen atoms in total. The topological polar surface area (TPSA) is 201 Å². The number of aromatic hydroxyl groups is 1. The number of carbonyl (C=O) groups is 4. The molecule has 2 aliphatic carbocycles. The summed E-state index contributed by atoms with van der Waals surface area (Å²) in [6, 6.07) is -0.265. The maximum Gasteiger partial charge on any atom is 0.340 e. The Kier molecular flexibility index (Phi) is 15.1. The highest BCUT2D eigenvalue weighted by Crippen LogP contribution is 2.64. The number of hydrogen-bond acceptors (Lipinski definition) is 10. The Hall–Kier alpha value is -4.95. The monoisotopic (exact) mass is 893 g/mol. The van der Waals surface area contributed by atoms with Crippen LogP contribution in [0, 0.1) is 16.7 Å². The number of rotatable bonds is 13. The number of nitroso groups, excluding NO2 is 1. The predicted octanol–water partition coefficient (Wildman–Crippen LogP) is 10.0. The zero-order chi connectivity index (χ0) is 46.7. The van der Waals surface area contributed by atoms with Crippen LogP contribution < -0.4 is 14.8 Å². The fraction of sp³-hybridized carbons (Fsp3) is 0.583. The summed E-state index contributed by atoms with van der Waals surface area (Å²) >= 11 is 5.46. The Morgan fingerprint density at radius 2 is 1.63 bits per heavy atom. The maximum atomic E-state index is 14.7. The minimum absolute atomic E-state index is 0.0407. The van der Waals surface area contributed by atoms with Crippen LogP contribution in [0.3, 0.4) is 0 Å². The number of carbonyl (C=O) groups excluding carboxylic acids is 2. The molecule has 4 N–H and O–H groups in total. The highest BCUT2D eigenvalue weighted by molar-refractivity contribution is 6.18. The van der Waals surface area contributed by atoms with Gasteiger partial charge in [-0.3, -0.25) is 4.79 Å². The van der Waals surface area contributed by atoms with Gasteiger partial charge in [0.05, 0.1) is 23.0 Å². The van der Waals surface area contributed by atoms with Gasteiger partial charge in [-0.15, -0.1) is 16.5 Å². The van der Waals surface area contributed by atoms with Gasteiger partial charge in [0, 0.05) is 41.0 Å². The van der Waals surface area contributed by atoms with Gasteiger partial charge in [0.1, 0.15) is 28.4 Å². The van der Waals surface area contributed by atoms with Crippen molar-refractivity contribution in [2.24, 2.45) is 17.1 Å². The molecule has 1 spiro atoms. The fourth-order valence-electron chi connectivity index (χ4n) is 9.58. The van der Waals surface area contributed by atoms with E-state index in [9.17, 15) is 39.4 Å². The van der Waals surface area contributed by atoms with Crippen LogP contribution in [0.25, 0.3) is 6.08 Å². The third kappa shape index (κ3) is 9.77. The molecule has 1 aromatic carbocycles. The van der Waals surface area contributed by atoms with Crippen molar-refractivity contribution in [2.45, 2.75) is 155 Å². The predicted molar refractivity (Wildman–Crippen MR) is 241 cm³/mol. The molecule has 344 valence electrons. The van der Waals surface area contributed by atoms with Crippen molar-refractivity contribution in [3.05, 3.63) is 74.3 Å². The third-order valence-electron chi connectivity index (χ3n) is 13.0. The first-order chi connectivity index (χ1) is 29.6. The minimum Gasteiger partial charge on any atom is -0.506 e. The van der Waals surface area contributed by atoms with Gasteiger partial charge < -0.3 is 34.8 Å². The molecule has 63 heavy (non-hydrogen) atoms. The molecular formula is C48H64ClN3O11. The second-order valence-corrected chi connectivity index (χ2v) is 19.2. The van der Waals surface area contributed by atoms with E-state index >= 15 is 0 Å². The first-order valence-corrected chi connectivity index (χ1v) is 22.4. The number of nitrogens with one attached hydrogen (secondary N) is 1. The number of amides is 2. The highest BCUT2D eigenvalue weighted by atomic mass is 35.5. The summed E-state index contributed by atoms with van der Waals surface area (Å²) in [6.45, 7) is 17.3. The van der Waals surface area contributed by atoms with Crippen molar-refractivity contribution in [3.8, 4) is 17.2 Å². The molecule has 4 unspecified atom stereocenters. The lowest BCUT2D eigenvalue weighted by Gasteiger charge is -2.50. The van der Waals surface area contributed by atoms with Crippen molar-refractivity contribution in [1.29, 1.82) is 0 Å². The van der Waals surface area contributed by atoms with Crippen LogP contribution in [0.5, 0.6) is 17.2 Å². The molecule has 3 aliphatic heterocycles. The first-order valence-electron chi connectivity index (χ1n) is 21.9. The summed E-state index contributed by atoms with van der Waals surface area (Å²) in [4.78, 5) is 62.0. The van der Waals surface area contributed by atoms with E-state index in [1.54, 1.807) is 26.0 Å². The lowest BCUT2D eigenvalue weighted by atomic mass is 9.60. The number of aliphatic carboxylic acids is 2. The number of alkyl halides is 1. The number of Topliss-reactive ketones (excluding diaryl/α,β-unsaturated/α-hetero) is 1. The maximum absolute atomic E-state index is 14.7. The van der Waals surface area contributed by atoms with E-state index < -0.39 is 52.1 Å². The third-order valence-corrected chi connectivity index (χ3v) is 13.2. The SMILES string of the molecule is CC(C)=CCCC1(C)C=Cc2c(O)c3c(c(CC=C(C)C)c2O1)OC12C(=CCCC1C(C)(C)OC2(CC=C(C)C(=O)O)C(=O)O)C3=O.CC1CCC(NC(=O)N(CCCl)N=O)CC1. The van der Waals surface area contributed by atoms with E-state index in [1.807, 2.05) is 46.8 Å². The molecule has 0 radical (unpaired) electrons. The number of carboxylic acids is 2. The van der Waals surface area contributed by atoms with Crippen molar-refractivity contribution in [1.82, 2.24) is 10.3 Å². The number of allylic oxidation sites excluding steroid dienone is 5. The number of carboxylic acid groups (broad SMARTS) is 2. The number of ketones is 1. The van der Waals surface area contributed by atoms with Gasteiger partial charge in [-0.25, -0.2) is 14.4 Å². The summed E-state index contributed by atoms with van der Waals surface area (Å²) in [6.07, 6.45) is 17.3. The van der Waals surface area contributed by atoms with Gasteiger partial charge in [-0.05, 0) is 131 Å². The van der Waals surface area contributed by atoms with E-state index in [-0.39, 0.29) is 53.1 Å². The van der Waals surface area contributed by atoms with Gasteiger partial charge in [0.2, 0.25) is 5.60 Å².